The number of carbonyl (C=O) groups excluding carboxylic acids is 1. The molecular weight excluding hydrogens is 266 g/mol. The van der Waals surface area contributed by atoms with E-state index in [1.165, 1.54) is 4.31 Å². The Kier molecular flexibility index (Phi) is 4.18. The molecule has 1 aromatic rings. The van der Waals surface area contributed by atoms with Gasteiger partial charge >= 0.3 is 0 Å². The molecule has 0 bridgehead atoms. The van der Waals surface area contributed by atoms with Crippen molar-refractivity contribution in [1.29, 1.82) is 0 Å². The molecule has 1 amide bonds. The van der Waals surface area contributed by atoms with Crippen LogP contribution >= 0.6 is 0 Å². The molecule has 0 saturated carbocycles. The Balaban J connectivity index is 2.18. The topological polar surface area (TPSA) is 92.5 Å². The van der Waals surface area contributed by atoms with Crippen LogP contribution in [0.3, 0.4) is 0 Å². The van der Waals surface area contributed by atoms with Crippen molar-refractivity contribution in [2.45, 2.75) is 19.4 Å². The van der Waals surface area contributed by atoms with Crippen molar-refractivity contribution in [2.75, 3.05) is 12.3 Å². The SMILES string of the molecule is NNC(=O)Cc1ccccc1CN1CCCS1(=O)=O. The molecule has 1 aliphatic heterocycles. The highest BCUT2D eigenvalue weighted by molar-refractivity contribution is 7.89. The first-order valence-electron chi connectivity index (χ1n) is 6.07. The molecule has 1 saturated heterocycles. The first kappa shape index (κ1) is 14.0. The van der Waals surface area contributed by atoms with Gasteiger partial charge in [-0.3, -0.25) is 10.2 Å². The number of sulfonamides is 1. The molecule has 0 spiro atoms. The summed E-state index contributed by atoms with van der Waals surface area (Å²) in [6, 6.07) is 7.31. The van der Waals surface area contributed by atoms with Crippen LogP contribution in [0.2, 0.25) is 0 Å². The van der Waals surface area contributed by atoms with E-state index in [4.69, 9.17) is 5.84 Å². The van der Waals surface area contributed by atoms with Gasteiger partial charge in [0, 0.05) is 13.1 Å². The fourth-order valence-corrected chi connectivity index (χ4v) is 3.66. The Bertz CT molecular complexity index is 571. The van der Waals surface area contributed by atoms with Crippen molar-refractivity contribution in [1.82, 2.24) is 9.73 Å². The van der Waals surface area contributed by atoms with Crippen LogP contribution in [0.25, 0.3) is 0 Å². The summed E-state index contributed by atoms with van der Waals surface area (Å²) in [5.74, 6) is 4.98. The number of nitrogens with zero attached hydrogens (tertiary/aromatic N) is 1. The van der Waals surface area contributed by atoms with Crippen LogP contribution in [-0.2, 0) is 27.8 Å². The highest BCUT2D eigenvalue weighted by Gasteiger charge is 2.28. The Morgan fingerprint density at radius 2 is 2.00 bits per heavy atom. The molecule has 7 heteroatoms. The fraction of sp³-hybridized carbons (Fsp3) is 0.417. The highest BCUT2D eigenvalue weighted by atomic mass is 32.2. The minimum atomic E-state index is -3.13. The molecular formula is C12H17N3O3S. The zero-order valence-electron chi connectivity index (χ0n) is 10.5. The van der Waals surface area contributed by atoms with Crippen LogP contribution in [0.15, 0.2) is 24.3 Å². The summed E-state index contributed by atoms with van der Waals surface area (Å²) in [6.07, 6.45) is 0.814. The van der Waals surface area contributed by atoms with Gasteiger partial charge in [-0.2, -0.15) is 4.31 Å². The predicted octanol–water partition coefficient (Wildman–Crippen LogP) is -0.246. The number of nitrogens with one attached hydrogen (secondary N) is 1. The second kappa shape index (κ2) is 5.68. The molecule has 1 aromatic carbocycles. The lowest BCUT2D eigenvalue weighted by Gasteiger charge is -2.16. The van der Waals surface area contributed by atoms with Crippen LogP contribution < -0.4 is 11.3 Å². The number of nitrogens with two attached hydrogens (primary N) is 1. The maximum atomic E-state index is 11.8. The molecule has 0 unspecified atom stereocenters. The third-order valence-electron chi connectivity index (χ3n) is 3.18. The van der Waals surface area contributed by atoms with Crippen molar-refractivity contribution in [3.63, 3.8) is 0 Å². The van der Waals surface area contributed by atoms with E-state index in [2.05, 4.69) is 5.43 Å². The van der Waals surface area contributed by atoms with Crippen LogP contribution in [-0.4, -0.2) is 30.9 Å². The van der Waals surface area contributed by atoms with Crippen molar-refractivity contribution in [3.8, 4) is 0 Å². The van der Waals surface area contributed by atoms with Crippen LogP contribution in [0.5, 0.6) is 0 Å². The minimum Gasteiger partial charge on any atom is -0.294 e. The standard InChI is InChI=1S/C12H17N3O3S/c13-14-12(16)8-10-4-1-2-5-11(10)9-15-6-3-7-19(15,17)18/h1-2,4-5H,3,6-9,13H2,(H,14,16). The number of carbonyl (C=O) groups is 1. The predicted molar refractivity (Wildman–Crippen MR) is 71.3 cm³/mol. The lowest BCUT2D eigenvalue weighted by Crippen LogP contribution is -2.32. The first-order chi connectivity index (χ1) is 9.03. The van der Waals surface area contributed by atoms with Gasteiger partial charge < -0.3 is 0 Å². The molecule has 104 valence electrons. The summed E-state index contributed by atoms with van der Waals surface area (Å²) in [4.78, 5) is 11.3. The molecule has 1 heterocycles. The lowest BCUT2D eigenvalue weighted by atomic mass is 10.0. The van der Waals surface area contributed by atoms with Crippen molar-refractivity contribution in [2.24, 2.45) is 5.84 Å². The van der Waals surface area contributed by atoms with E-state index in [1.807, 2.05) is 24.3 Å². The number of amides is 1. The normalized spacial score (nSPS) is 18.4. The quantitative estimate of drug-likeness (QED) is 0.453. The van der Waals surface area contributed by atoms with Crippen molar-refractivity contribution in [3.05, 3.63) is 35.4 Å². The van der Waals surface area contributed by atoms with Crippen LogP contribution in [0.1, 0.15) is 17.5 Å². The summed E-state index contributed by atoms with van der Waals surface area (Å²) < 4.78 is 25.0. The Morgan fingerprint density at radius 1 is 1.32 bits per heavy atom. The third-order valence-corrected chi connectivity index (χ3v) is 5.08. The van der Waals surface area contributed by atoms with E-state index in [-0.39, 0.29) is 18.1 Å². The van der Waals surface area contributed by atoms with E-state index >= 15 is 0 Å². The number of hydrogen-bond acceptors (Lipinski definition) is 4. The van der Waals surface area contributed by atoms with Gasteiger partial charge in [-0.1, -0.05) is 24.3 Å². The van der Waals surface area contributed by atoms with Crippen molar-refractivity contribution < 1.29 is 13.2 Å². The van der Waals surface area contributed by atoms with Crippen LogP contribution in [0, 0.1) is 0 Å². The van der Waals surface area contributed by atoms with Gasteiger partial charge in [0.05, 0.1) is 12.2 Å². The maximum absolute atomic E-state index is 11.8. The van der Waals surface area contributed by atoms with Crippen molar-refractivity contribution >= 4 is 15.9 Å². The molecule has 0 aromatic heterocycles. The molecule has 6 nitrogen and oxygen atoms in total. The van der Waals surface area contributed by atoms with Gasteiger partial charge in [0.15, 0.2) is 0 Å². The summed E-state index contributed by atoms with van der Waals surface area (Å²) in [5.41, 5.74) is 3.72. The molecule has 19 heavy (non-hydrogen) atoms. The number of rotatable bonds is 4. The van der Waals surface area contributed by atoms with Gasteiger partial charge in [0.25, 0.3) is 0 Å². The molecule has 3 N–H and O–H groups in total. The van der Waals surface area contributed by atoms with Gasteiger partial charge in [-0.25, -0.2) is 14.3 Å². The Hall–Kier alpha value is -1.44. The van der Waals surface area contributed by atoms with Gasteiger partial charge in [-0.15, -0.1) is 0 Å². The van der Waals surface area contributed by atoms with E-state index in [1.54, 1.807) is 0 Å². The number of benzene rings is 1. The van der Waals surface area contributed by atoms with Gasteiger partial charge in [-0.05, 0) is 17.5 Å². The van der Waals surface area contributed by atoms with Crippen LogP contribution in [0.4, 0.5) is 0 Å². The second-order valence-corrected chi connectivity index (χ2v) is 6.60. The highest BCUT2D eigenvalue weighted by Crippen LogP contribution is 2.19. The first-order valence-corrected chi connectivity index (χ1v) is 7.68. The van der Waals surface area contributed by atoms with E-state index in [9.17, 15) is 13.2 Å². The Morgan fingerprint density at radius 3 is 2.58 bits per heavy atom. The van der Waals surface area contributed by atoms with Gasteiger partial charge in [0.2, 0.25) is 15.9 Å². The van der Waals surface area contributed by atoms with E-state index in [0.29, 0.717) is 19.5 Å². The molecule has 0 aliphatic carbocycles. The number of hydrazine groups is 1. The molecule has 1 aliphatic rings. The minimum absolute atomic E-state index is 0.153. The average molecular weight is 283 g/mol. The molecule has 0 radical (unpaired) electrons. The summed E-state index contributed by atoms with van der Waals surface area (Å²) in [7, 11) is -3.13. The largest absolute Gasteiger partial charge is 0.294 e. The molecule has 1 fully saturated rings. The second-order valence-electron chi connectivity index (χ2n) is 4.52. The molecule has 2 rings (SSSR count). The smallest absolute Gasteiger partial charge is 0.238 e. The van der Waals surface area contributed by atoms with Gasteiger partial charge in [0.1, 0.15) is 0 Å². The summed E-state index contributed by atoms with van der Waals surface area (Å²) >= 11 is 0. The molecule has 0 atom stereocenters. The van der Waals surface area contributed by atoms with E-state index in [0.717, 1.165) is 11.1 Å². The number of hydrogen-bond donors (Lipinski definition) is 2. The zero-order chi connectivity index (χ0) is 13.9. The fourth-order valence-electron chi connectivity index (χ4n) is 2.17. The Labute approximate surface area is 112 Å². The monoisotopic (exact) mass is 283 g/mol. The van der Waals surface area contributed by atoms with E-state index < -0.39 is 10.0 Å². The zero-order valence-corrected chi connectivity index (χ0v) is 11.3. The third kappa shape index (κ3) is 3.31. The maximum Gasteiger partial charge on any atom is 0.238 e. The summed E-state index contributed by atoms with van der Waals surface area (Å²) in [6.45, 7) is 0.857. The summed E-state index contributed by atoms with van der Waals surface area (Å²) in [5, 5.41) is 0. The average Bonchev–Trinajstić information content (AvgIpc) is 2.71. The lowest BCUT2D eigenvalue weighted by molar-refractivity contribution is -0.120.